The van der Waals surface area contributed by atoms with Gasteiger partial charge in [-0.1, -0.05) is 48.5 Å². The number of fused-ring (bicyclic) bond motifs is 1. The predicted octanol–water partition coefficient (Wildman–Crippen LogP) is 5.18. The maximum absolute atomic E-state index is 11.3. The van der Waals surface area contributed by atoms with Crippen molar-refractivity contribution in [1.29, 1.82) is 0 Å². The summed E-state index contributed by atoms with van der Waals surface area (Å²) in [7, 11) is 0. The second-order valence-corrected chi connectivity index (χ2v) is 7.27. The van der Waals surface area contributed by atoms with Gasteiger partial charge in [0, 0.05) is 29.5 Å². The van der Waals surface area contributed by atoms with Gasteiger partial charge in [0.2, 0.25) is 5.91 Å². The van der Waals surface area contributed by atoms with Crippen LogP contribution < -0.4 is 10.6 Å². The van der Waals surface area contributed by atoms with Crippen molar-refractivity contribution >= 4 is 34.3 Å². The van der Waals surface area contributed by atoms with Crippen molar-refractivity contribution in [2.24, 2.45) is 0 Å². The van der Waals surface area contributed by atoms with Crippen LogP contribution in [0.25, 0.3) is 28.2 Å². The average Bonchev–Trinajstić information content (AvgIpc) is 3.25. The number of carbonyl (C=O) groups excluding carboxylic acids is 1. The summed E-state index contributed by atoms with van der Waals surface area (Å²) in [6.07, 6.45) is 1.76. The molecule has 3 aromatic carbocycles. The first-order valence-corrected chi connectivity index (χ1v) is 10.2. The number of para-hydroxylation sites is 1. The lowest BCUT2D eigenvalue weighted by Gasteiger charge is -2.11. The van der Waals surface area contributed by atoms with E-state index in [1.807, 2.05) is 89.5 Å². The molecule has 0 spiro atoms. The van der Waals surface area contributed by atoms with E-state index in [1.165, 1.54) is 6.92 Å². The molecule has 2 N–H and O–H groups in total. The van der Waals surface area contributed by atoms with E-state index in [2.05, 4.69) is 15.6 Å². The number of carbonyl (C=O) groups is 1. The molecule has 0 aliphatic heterocycles. The second-order valence-electron chi connectivity index (χ2n) is 7.27. The number of benzene rings is 3. The molecule has 0 unspecified atom stereocenters. The van der Waals surface area contributed by atoms with Gasteiger partial charge >= 0.3 is 0 Å². The smallest absolute Gasteiger partial charge is 0.221 e. The Labute approximate surface area is 184 Å². The first-order chi connectivity index (χ1) is 15.7. The summed E-state index contributed by atoms with van der Waals surface area (Å²) in [4.78, 5) is 25.5. The van der Waals surface area contributed by atoms with Crippen LogP contribution in [-0.2, 0) is 4.79 Å². The fourth-order valence-electron chi connectivity index (χ4n) is 3.46. The number of anilines is 3. The Morgan fingerprint density at radius 1 is 0.812 bits per heavy atom. The first kappa shape index (κ1) is 19.4. The molecule has 0 bridgehead atoms. The maximum Gasteiger partial charge on any atom is 0.221 e. The van der Waals surface area contributed by atoms with Crippen molar-refractivity contribution in [3.05, 3.63) is 91.3 Å². The normalized spacial score (nSPS) is 10.8. The average molecular weight is 420 g/mol. The van der Waals surface area contributed by atoms with Gasteiger partial charge in [-0.25, -0.2) is 15.0 Å². The zero-order chi connectivity index (χ0) is 21.9. The number of hydrogen-bond acceptors (Lipinski definition) is 5. The van der Waals surface area contributed by atoms with E-state index in [0.717, 1.165) is 22.6 Å². The Bertz CT molecular complexity index is 1380. The second kappa shape index (κ2) is 8.31. The molecular formula is C25H20N6O. The van der Waals surface area contributed by atoms with E-state index in [9.17, 15) is 4.79 Å². The number of imidazole rings is 1. The molecule has 2 aromatic heterocycles. The van der Waals surface area contributed by atoms with Crippen LogP contribution in [0.4, 0.5) is 17.2 Å². The largest absolute Gasteiger partial charge is 0.338 e. The lowest BCUT2D eigenvalue weighted by molar-refractivity contribution is -0.114. The fourth-order valence-corrected chi connectivity index (χ4v) is 3.46. The van der Waals surface area contributed by atoms with Gasteiger partial charge in [-0.05, 0) is 36.4 Å². The molecule has 0 aliphatic carbocycles. The van der Waals surface area contributed by atoms with E-state index < -0.39 is 0 Å². The van der Waals surface area contributed by atoms with Gasteiger partial charge in [0.1, 0.15) is 6.33 Å². The van der Waals surface area contributed by atoms with Crippen molar-refractivity contribution in [2.45, 2.75) is 6.92 Å². The van der Waals surface area contributed by atoms with Crippen LogP contribution in [0.3, 0.4) is 0 Å². The Balaban J connectivity index is 1.61. The molecule has 5 aromatic rings. The molecule has 156 valence electrons. The van der Waals surface area contributed by atoms with Crippen LogP contribution in [0.5, 0.6) is 0 Å². The molecular weight excluding hydrogens is 400 g/mol. The highest BCUT2D eigenvalue weighted by atomic mass is 16.1. The highest BCUT2D eigenvalue weighted by Crippen LogP contribution is 2.28. The molecule has 7 heteroatoms. The molecule has 32 heavy (non-hydrogen) atoms. The zero-order valence-corrected chi connectivity index (χ0v) is 17.4. The molecule has 7 nitrogen and oxygen atoms in total. The lowest BCUT2D eigenvalue weighted by atomic mass is 10.2. The minimum Gasteiger partial charge on any atom is -0.338 e. The van der Waals surface area contributed by atoms with E-state index in [0.29, 0.717) is 22.8 Å². The molecule has 0 fully saturated rings. The van der Waals surface area contributed by atoms with Gasteiger partial charge in [0.25, 0.3) is 0 Å². The molecule has 0 aliphatic rings. The molecule has 1 amide bonds. The number of amides is 1. The first-order valence-electron chi connectivity index (χ1n) is 10.2. The van der Waals surface area contributed by atoms with Crippen LogP contribution in [0.1, 0.15) is 6.92 Å². The quantitative estimate of drug-likeness (QED) is 0.409. The third-order valence-corrected chi connectivity index (χ3v) is 4.93. The van der Waals surface area contributed by atoms with Crippen LogP contribution in [0, 0.1) is 0 Å². The van der Waals surface area contributed by atoms with Gasteiger partial charge in [-0.15, -0.1) is 0 Å². The number of nitrogens with one attached hydrogen (secondary N) is 2. The van der Waals surface area contributed by atoms with E-state index in [-0.39, 0.29) is 5.91 Å². The van der Waals surface area contributed by atoms with E-state index in [4.69, 9.17) is 9.97 Å². The monoisotopic (exact) mass is 420 g/mol. The molecule has 0 saturated heterocycles. The van der Waals surface area contributed by atoms with Crippen LogP contribution in [0.2, 0.25) is 0 Å². The molecule has 5 rings (SSSR count). The molecule has 0 saturated carbocycles. The maximum atomic E-state index is 11.3. The van der Waals surface area contributed by atoms with Crippen molar-refractivity contribution in [3.8, 4) is 17.1 Å². The Morgan fingerprint density at radius 3 is 2.16 bits per heavy atom. The van der Waals surface area contributed by atoms with Gasteiger partial charge in [-0.3, -0.25) is 9.36 Å². The predicted molar refractivity (Wildman–Crippen MR) is 126 cm³/mol. The SMILES string of the molecule is CC(=O)Nc1ccc(Nc2nc(-c3ccccc3)nc3c2ncn3-c2ccccc2)cc1. The summed E-state index contributed by atoms with van der Waals surface area (Å²) in [5, 5.41) is 6.13. The Hall–Kier alpha value is -4.52. The highest BCUT2D eigenvalue weighted by Gasteiger charge is 2.15. The van der Waals surface area contributed by atoms with Gasteiger partial charge in [0.15, 0.2) is 22.8 Å². The number of rotatable bonds is 5. The van der Waals surface area contributed by atoms with Crippen molar-refractivity contribution in [1.82, 2.24) is 19.5 Å². The van der Waals surface area contributed by atoms with Gasteiger partial charge in [0.05, 0.1) is 0 Å². The summed E-state index contributed by atoms with van der Waals surface area (Å²) in [5.41, 5.74) is 4.82. The molecule has 0 atom stereocenters. The topological polar surface area (TPSA) is 84.7 Å². The molecule has 0 radical (unpaired) electrons. The standard InChI is InChI=1S/C25H20N6O/c1-17(32)27-19-12-14-20(15-13-19)28-24-22-25(30-23(29-24)18-8-4-2-5-9-18)31(16-26-22)21-10-6-3-7-11-21/h2-16H,1H3,(H,27,32)(H,28,29,30). The third kappa shape index (κ3) is 3.91. The van der Waals surface area contributed by atoms with Gasteiger partial charge in [-0.2, -0.15) is 0 Å². The lowest BCUT2D eigenvalue weighted by Crippen LogP contribution is -2.05. The van der Waals surface area contributed by atoms with Crippen LogP contribution in [0.15, 0.2) is 91.3 Å². The minimum atomic E-state index is -0.109. The van der Waals surface area contributed by atoms with Crippen molar-refractivity contribution in [2.75, 3.05) is 10.6 Å². The fraction of sp³-hybridized carbons (Fsp3) is 0.0400. The minimum absolute atomic E-state index is 0.109. The summed E-state index contributed by atoms with van der Waals surface area (Å²) in [6, 6.07) is 27.3. The van der Waals surface area contributed by atoms with Gasteiger partial charge < -0.3 is 10.6 Å². The van der Waals surface area contributed by atoms with Crippen molar-refractivity contribution in [3.63, 3.8) is 0 Å². The summed E-state index contributed by atoms with van der Waals surface area (Å²) < 4.78 is 1.95. The summed E-state index contributed by atoms with van der Waals surface area (Å²) in [6.45, 7) is 1.48. The summed E-state index contributed by atoms with van der Waals surface area (Å²) >= 11 is 0. The highest BCUT2D eigenvalue weighted by molar-refractivity contribution is 5.90. The number of nitrogens with zero attached hydrogens (tertiary/aromatic N) is 4. The van der Waals surface area contributed by atoms with Crippen LogP contribution in [-0.4, -0.2) is 25.4 Å². The Kier molecular flexibility index (Phi) is 5.05. The zero-order valence-electron chi connectivity index (χ0n) is 17.4. The van der Waals surface area contributed by atoms with E-state index in [1.54, 1.807) is 6.33 Å². The third-order valence-electron chi connectivity index (χ3n) is 4.93. The Morgan fingerprint density at radius 2 is 1.47 bits per heavy atom. The van der Waals surface area contributed by atoms with E-state index >= 15 is 0 Å². The number of aromatic nitrogens is 4. The molecule has 2 heterocycles. The van der Waals surface area contributed by atoms with Crippen molar-refractivity contribution < 1.29 is 4.79 Å². The van der Waals surface area contributed by atoms with Crippen LogP contribution >= 0.6 is 0 Å². The summed E-state index contributed by atoms with van der Waals surface area (Å²) in [5.74, 6) is 1.10. The number of hydrogen-bond donors (Lipinski definition) is 2.